The van der Waals surface area contributed by atoms with Crippen molar-refractivity contribution in [1.29, 1.82) is 0 Å². The van der Waals surface area contributed by atoms with Crippen molar-refractivity contribution in [3.63, 3.8) is 0 Å². The molecule has 3 heterocycles. The first-order chi connectivity index (χ1) is 9.33. The first-order valence-electron chi connectivity index (χ1n) is 6.40. The quantitative estimate of drug-likeness (QED) is 0.776. The summed E-state index contributed by atoms with van der Waals surface area (Å²) in [6.45, 7) is 2.84. The van der Waals surface area contributed by atoms with Gasteiger partial charge in [-0.15, -0.1) is 0 Å². The van der Waals surface area contributed by atoms with E-state index in [-0.39, 0.29) is 6.04 Å². The minimum absolute atomic E-state index is 0.214. The van der Waals surface area contributed by atoms with Gasteiger partial charge in [0.15, 0.2) is 0 Å². The van der Waals surface area contributed by atoms with E-state index in [4.69, 9.17) is 0 Å². The lowest BCUT2D eigenvalue weighted by Crippen LogP contribution is -2.19. The van der Waals surface area contributed by atoms with Crippen LogP contribution in [0.15, 0.2) is 55.0 Å². The molecule has 3 aromatic heterocycles. The zero-order valence-electron chi connectivity index (χ0n) is 10.8. The van der Waals surface area contributed by atoms with Crippen molar-refractivity contribution in [2.75, 3.05) is 0 Å². The number of fused-ring (bicyclic) bond motifs is 1. The molecule has 1 unspecified atom stereocenters. The largest absolute Gasteiger partial charge is 0.307 e. The van der Waals surface area contributed by atoms with Gasteiger partial charge in [-0.3, -0.25) is 4.98 Å². The Bertz CT molecular complexity index is 627. The molecule has 0 aromatic carbocycles. The Morgan fingerprint density at radius 2 is 2.11 bits per heavy atom. The molecule has 96 valence electrons. The number of aromatic nitrogens is 3. The van der Waals surface area contributed by atoms with Gasteiger partial charge in [0.25, 0.3) is 0 Å². The number of rotatable bonds is 4. The van der Waals surface area contributed by atoms with Gasteiger partial charge < -0.3 is 9.72 Å². The normalized spacial score (nSPS) is 12.7. The smallest absolute Gasteiger partial charge is 0.137 e. The molecule has 1 N–H and O–H groups in total. The van der Waals surface area contributed by atoms with Gasteiger partial charge >= 0.3 is 0 Å². The van der Waals surface area contributed by atoms with E-state index in [0.717, 1.165) is 23.6 Å². The van der Waals surface area contributed by atoms with Crippen LogP contribution in [0.4, 0.5) is 0 Å². The van der Waals surface area contributed by atoms with Crippen LogP contribution in [0.1, 0.15) is 24.4 Å². The van der Waals surface area contributed by atoms with Crippen LogP contribution in [0, 0.1) is 0 Å². The number of nitrogens with zero attached hydrogens (tertiary/aromatic N) is 3. The van der Waals surface area contributed by atoms with E-state index in [1.54, 1.807) is 0 Å². The van der Waals surface area contributed by atoms with Crippen LogP contribution >= 0.6 is 0 Å². The highest BCUT2D eigenvalue weighted by atomic mass is 15.0. The van der Waals surface area contributed by atoms with Gasteiger partial charge in [0.05, 0.1) is 11.4 Å². The molecule has 0 radical (unpaired) electrons. The molecule has 0 spiro atoms. The van der Waals surface area contributed by atoms with Crippen molar-refractivity contribution in [3.05, 3.63) is 66.4 Å². The summed E-state index contributed by atoms with van der Waals surface area (Å²) in [6.07, 6.45) is 5.87. The molecule has 19 heavy (non-hydrogen) atoms. The summed E-state index contributed by atoms with van der Waals surface area (Å²) in [4.78, 5) is 8.90. The van der Waals surface area contributed by atoms with Gasteiger partial charge in [0.2, 0.25) is 0 Å². The molecular weight excluding hydrogens is 236 g/mol. The van der Waals surface area contributed by atoms with Crippen LogP contribution in [0.2, 0.25) is 0 Å². The zero-order valence-corrected chi connectivity index (χ0v) is 10.8. The maximum Gasteiger partial charge on any atom is 0.137 e. The topological polar surface area (TPSA) is 42.2 Å². The number of imidazole rings is 1. The van der Waals surface area contributed by atoms with Crippen molar-refractivity contribution >= 4 is 5.65 Å². The fourth-order valence-corrected chi connectivity index (χ4v) is 2.07. The number of nitrogens with one attached hydrogen (secondary N) is 1. The highest BCUT2D eigenvalue weighted by Gasteiger charge is 2.07. The lowest BCUT2D eigenvalue weighted by Gasteiger charge is -2.11. The van der Waals surface area contributed by atoms with E-state index in [1.165, 1.54) is 0 Å². The summed E-state index contributed by atoms with van der Waals surface area (Å²) in [5.74, 6) is 0. The van der Waals surface area contributed by atoms with Gasteiger partial charge in [0.1, 0.15) is 5.65 Å². The maximum absolute atomic E-state index is 4.56. The molecule has 4 nitrogen and oxygen atoms in total. The third kappa shape index (κ3) is 2.63. The van der Waals surface area contributed by atoms with Crippen molar-refractivity contribution in [2.24, 2.45) is 0 Å². The van der Waals surface area contributed by atoms with Crippen molar-refractivity contribution in [1.82, 2.24) is 19.7 Å². The second-order valence-corrected chi connectivity index (χ2v) is 4.56. The molecule has 0 saturated carbocycles. The molecule has 0 bridgehead atoms. The lowest BCUT2D eigenvalue weighted by molar-refractivity contribution is 0.556. The Hall–Kier alpha value is -2.20. The van der Waals surface area contributed by atoms with Crippen LogP contribution in [0.25, 0.3) is 5.65 Å². The molecule has 0 aliphatic rings. The van der Waals surface area contributed by atoms with E-state index in [0.29, 0.717) is 0 Å². The van der Waals surface area contributed by atoms with Gasteiger partial charge in [-0.25, -0.2) is 4.98 Å². The number of hydrogen-bond donors (Lipinski definition) is 1. The Balaban J connectivity index is 1.69. The van der Waals surface area contributed by atoms with Gasteiger partial charge in [0, 0.05) is 31.2 Å². The highest BCUT2D eigenvalue weighted by molar-refractivity contribution is 5.39. The minimum Gasteiger partial charge on any atom is -0.307 e. The molecular formula is C15H16N4. The molecule has 1 atom stereocenters. The van der Waals surface area contributed by atoms with Crippen LogP contribution in [0.5, 0.6) is 0 Å². The monoisotopic (exact) mass is 252 g/mol. The Kier molecular flexibility index (Phi) is 3.25. The SMILES string of the molecule is CC(NCc1cn2ccccc2n1)c1ccccn1. The lowest BCUT2D eigenvalue weighted by atomic mass is 10.2. The average molecular weight is 252 g/mol. The van der Waals surface area contributed by atoms with E-state index in [1.807, 2.05) is 59.4 Å². The summed E-state index contributed by atoms with van der Waals surface area (Å²) in [5.41, 5.74) is 3.06. The molecule has 3 rings (SSSR count). The predicted molar refractivity (Wildman–Crippen MR) is 74.7 cm³/mol. The summed E-state index contributed by atoms with van der Waals surface area (Å²) in [5, 5.41) is 3.44. The molecule has 0 aliphatic carbocycles. The first-order valence-corrected chi connectivity index (χ1v) is 6.40. The third-order valence-electron chi connectivity index (χ3n) is 3.13. The summed E-state index contributed by atoms with van der Waals surface area (Å²) in [6, 6.07) is 12.2. The average Bonchev–Trinajstić information content (AvgIpc) is 2.88. The number of pyridine rings is 2. The minimum atomic E-state index is 0.214. The molecule has 4 heteroatoms. The van der Waals surface area contributed by atoms with E-state index < -0.39 is 0 Å². The second kappa shape index (κ2) is 5.20. The van der Waals surface area contributed by atoms with Crippen molar-refractivity contribution < 1.29 is 0 Å². The molecule has 3 aromatic rings. The molecule has 0 saturated heterocycles. The Labute approximate surface area is 112 Å². The maximum atomic E-state index is 4.56. The van der Waals surface area contributed by atoms with Crippen molar-refractivity contribution in [3.8, 4) is 0 Å². The summed E-state index contributed by atoms with van der Waals surface area (Å²) >= 11 is 0. The molecule has 0 fully saturated rings. The van der Waals surface area contributed by atoms with Gasteiger partial charge in [-0.1, -0.05) is 12.1 Å². The number of hydrogen-bond acceptors (Lipinski definition) is 3. The highest BCUT2D eigenvalue weighted by Crippen LogP contribution is 2.10. The third-order valence-corrected chi connectivity index (χ3v) is 3.13. The van der Waals surface area contributed by atoms with Crippen molar-refractivity contribution in [2.45, 2.75) is 19.5 Å². The van der Waals surface area contributed by atoms with Gasteiger partial charge in [-0.05, 0) is 31.2 Å². The van der Waals surface area contributed by atoms with Crippen LogP contribution in [0.3, 0.4) is 0 Å². The zero-order chi connectivity index (χ0) is 13.1. The Morgan fingerprint density at radius 3 is 2.89 bits per heavy atom. The van der Waals surface area contributed by atoms with Crippen LogP contribution in [-0.4, -0.2) is 14.4 Å². The first kappa shape index (κ1) is 11.9. The van der Waals surface area contributed by atoms with Gasteiger partial charge in [-0.2, -0.15) is 0 Å². The fraction of sp³-hybridized carbons (Fsp3) is 0.200. The van der Waals surface area contributed by atoms with E-state index in [2.05, 4.69) is 22.2 Å². The second-order valence-electron chi connectivity index (χ2n) is 4.56. The fourth-order valence-electron chi connectivity index (χ4n) is 2.07. The molecule has 0 aliphatic heterocycles. The molecule has 0 amide bonds. The standard InChI is InChI=1S/C15H16N4/c1-12(14-6-2-4-8-16-14)17-10-13-11-19-9-5-3-7-15(19)18-13/h2-9,11-12,17H,10H2,1H3. The summed E-state index contributed by atoms with van der Waals surface area (Å²) in [7, 11) is 0. The Morgan fingerprint density at radius 1 is 1.21 bits per heavy atom. The van der Waals surface area contributed by atoms with Crippen LogP contribution in [-0.2, 0) is 6.54 Å². The van der Waals surface area contributed by atoms with E-state index in [9.17, 15) is 0 Å². The van der Waals surface area contributed by atoms with Crippen LogP contribution < -0.4 is 5.32 Å². The van der Waals surface area contributed by atoms with E-state index >= 15 is 0 Å². The predicted octanol–water partition coefficient (Wildman–Crippen LogP) is 2.58. The summed E-state index contributed by atoms with van der Waals surface area (Å²) < 4.78 is 2.03.